The van der Waals surface area contributed by atoms with Crippen LogP contribution in [0.4, 0.5) is 17.6 Å². The first kappa shape index (κ1) is 11.3. The molecule has 2 aromatic rings. The summed E-state index contributed by atoms with van der Waals surface area (Å²) in [6, 6.07) is 5.55. The molecule has 0 aliphatic carbocycles. The Kier molecular flexibility index (Phi) is 2.67. The third-order valence-electron chi connectivity index (χ3n) is 2.44. The molecule has 0 spiro atoms. The van der Waals surface area contributed by atoms with Crippen molar-refractivity contribution in [1.29, 1.82) is 0 Å². The van der Waals surface area contributed by atoms with Crippen molar-refractivity contribution in [3.63, 3.8) is 0 Å². The summed E-state index contributed by atoms with van der Waals surface area (Å²) in [5.74, 6) is 1.75. The second-order valence-electron chi connectivity index (χ2n) is 3.70. The van der Waals surface area contributed by atoms with Gasteiger partial charge in [-0.25, -0.2) is 0 Å². The van der Waals surface area contributed by atoms with Crippen molar-refractivity contribution in [1.82, 2.24) is 15.0 Å². The van der Waals surface area contributed by atoms with Crippen LogP contribution in [0.3, 0.4) is 0 Å². The Morgan fingerprint density at radius 1 is 1.21 bits per heavy atom. The normalized spacial score (nSPS) is 12.3. The van der Waals surface area contributed by atoms with E-state index >= 15 is 0 Å². The molecule has 3 rings (SSSR count). The van der Waals surface area contributed by atoms with E-state index in [1.54, 1.807) is 12.1 Å². The molecule has 0 unspecified atom stereocenters. The smallest absolute Gasteiger partial charge is 0.322 e. The fourth-order valence-corrected chi connectivity index (χ4v) is 1.62. The van der Waals surface area contributed by atoms with Gasteiger partial charge in [0.15, 0.2) is 11.5 Å². The lowest BCUT2D eigenvalue weighted by molar-refractivity contribution is 0.174. The van der Waals surface area contributed by atoms with E-state index in [0.29, 0.717) is 17.4 Å². The molecule has 19 heavy (non-hydrogen) atoms. The molecule has 3 N–H and O–H groups in total. The molecule has 1 aliphatic rings. The Labute approximate surface area is 108 Å². The van der Waals surface area contributed by atoms with Gasteiger partial charge < -0.3 is 25.3 Å². The van der Waals surface area contributed by atoms with Crippen LogP contribution in [0.2, 0.25) is 0 Å². The molecular formula is C11H11N5O3. The van der Waals surface area contributed by atoms with Crippen LogP contribution in [-0.4, -0.2) is 28.9 Å². The van der Waals surface area contributed by atoms with Crippen molar-refractivity contribution in [2.24, 2.45) is 0 Å². The van der Waals surface area contributed by atoms with Crippen LogP contribution in [0.5, 0.6) is 17.5 Å². The zero-order valence-electron chi connectivity index (χ0n) is 10.1. The van der Waals surface area contributed by atoms with E-state index in [2.05, 4.69) is 20.3 Å². The van der Waals surface area contributed by atoms with Gasteiger partial charge in [0, 0.05) is 11.8 Å². The molecule has 0 saturated heterocycles. The van der Waals surface area contributed by atoms with Crippen molar-refractivity contribution in [3.8, 4) is 17.5 Å². The van der Waals surface area contributed by atoms with E-state index < -0.39 is 0 Å². The Morgan fingerprint density at radius 3 is 2.89 bits per heavy atom. The zero-order valence-corrected chi connectivity index (χ0v) is 10.1. The molecule has 0 amide bonds. The average molecular weight is 261 g/mol. The zero-order chi connectivity index (χ0) is 13.2. The summed E-state index contributed by atoms with van der Waals surface area (Å²) < 4.78 is 15.4. The fraction of sp³-hybridized carbons (Fsp3) is 0.182. The summed E-state index contributed by atoms with van der Waals surface area (Å²) >= 11 is 0. The van der Waals surface area contributed by atoms with Crippen LogP contribution in [-0.2, 0) is 0 Å². The van der Waals surface area contributed by atoms with Crippen molar-refractivity contribution >= 4 is 17.6 Å². The number of methoxy groups -OCH3 is 1. The van der Waals surface area contributed by atoms with Crippen molar-refractivity contribution in [2.45, 2.75) is 0 Å². The number of fused-ring (bicyclic) bond motifs is 1. The number of nitrogen functional groups attached to an aromatic ring is 1. The number of hydrogen-bond donors (Lipinski definition) is 2. The maximum atomic E-state index is 5.55. The molecule has 98 valence electrons. The Morgan fingerprint density at radius 2 is 2.05 bits per heavy atom. The van der Waals surface area contributed by atoms with Gasteiger partial charge in [0.1, 0.15) is 0 Å². The third kappa shape index (κ3) is 2.28. The lowest BCUT2D eigenvalue weighted by atomic mass is 10.3. The summed E-state index contributed by atoms with van der Waals surface area (Å²) in [7, 11) is 1.46. The highest BCUT2D eigenvalue weighted by Gasteiger charge is 2.14. The van der Waals surface area contributed by atoms with E-state index in [0.717, 1.165) is 5.69 Å². The van der Waals surface area contributed by atoms with Gasteiger partial charge in [-0.15, -0.1) is 0 Å². The first-order chi connectivity index (χ1) is 9.24. The largest absolute Gasteiger partial charge is 0.467 e. The van der Waals surface area contributed by atoms with Crippen molar-refractivity contribution in [2.75, 3.05) is 25.0 Å². The number of hydrogen-bond acceptors (Lipinski definition) is 8. The molecule has 0 fully saturated rings. The van der Waals surface area contributed by atoms with Crippen LogP contribution in [0.1, 0.15) is 0 Å². The highest BCUT2D eigenvalue weighted by Crippen LogP contribution is 2.34. The second kappa shape index (κ2) is 4.48. The lowest BCUT2D eigenvalue weighted by Crippen LogP contribution is -2.05. The molecule has 0 saturated carbocycles. The minimum atomic E-state index is 0.0788. The number of ether oxygens (including phenoxy) is 3. The molecule has 1 aromatic carbocycles. The minimum absolute atomic E-state index is 0.0788. The summed E-state index contributed by atoms with van der Waals surface area (Å²) in [4.78, 5) is 11.8. The molecule has 2 heterocycles. The quantitative estimate of drug-likeness (QED) is 0.840. The second-order valence-corrected chi connectivity index (χ2v) is 3.70. The number of nitrogens with two attached hydrogens (primary N) is 1. The van der Waals surface area contributed by atoms with Gasteiger partial charge in [0.25, 0.3) is 0 Å². The fourth-order valence-electron chi connectivity index (χ4n) is 1.62. The van der Waals surface area contributed by atoms with Gasteiger partial charge in [-0.05, 0) is 12.1 Å². The van der Waals surface area contributed by atoms with Crippen LogP contribution < -0.4 is 25.3 Å². The molecular weight excluding hydrogens is 250 g/mol. The van der Waals surface area contributed by atoms with Crippen LogP contribution in [0.25, 0.3) is 0 Å². The van der Waals surface area contributed by atoms with Gasteiger partial charge in [-0.2, -0.15) is 15.0 Å². The third-order valence-corrected chi connectivity index (χ3v) is 2.44. The standard InChI is InChI=1S/C11H11N5O3/c1-17-11-15-9(12)14-10(16-11)13-6-2-3-7-8(4-6)19-5-18-7/h2-4H,5H2,1H3,(H3,12,13,14,15,16). The predicted octanol–water partition coefficient (Wildman–Crippen LogP) is 0.935. The van der Waals surface area contributed by atoms with E-state index in [9.17, 15) is 0 Å². The first-order valence-corrected chi connectivity index (χ1v) is 5.47. The molecule has 1 aliphatic heterocycles. The molecule has 0 atom stereocenters. The summed E-state index contributed by atoms with van der Waals surface area (Å²) in [6.45, 7) is 0.227. The molecule has 0 radical (unpaired) electrons. The summed E-state index contributed by atoms with van der Waals surface area (Å²) in [5, 5.41) is 2.99. The average Bonchev–Trinajstić information content (AvgIpc) is 2.85. The minimum Gasteiger partial charge on any atom is -0.467 e. The van der Waals surface area contributed by atoms with Gasteiger partial charge in [-0.3, -0.25) is 0 Å². The highest BCUT2D eigenvalue weighted by atomic mass is 16.7. The van der Waals surface area contributed by atoms with Crippen LogP contribution in [0, 0.1) is 0 Å². The predicted molar refractivity (Wildman–Crippen MR) is 66.6 cm³/mol. The summed E-state index contributed by atoms with van der Waals surface area (Å²) in [6.07, 6.45) is 0. The highest BCUT2D eigenvalue weighted by molar-refractivity contribution is 5.60. The van der Waals surface area contributed by atoms with Gasteiger partial charge >= 0.3 is 6.01 Å². The maximum Gasteiger partial charge on any atom is 0.322 e. The molecule has 1 aromatic heterocycles. The van der Waals surface area contributed by atoms with E-state index in [1.165, 1.54) is 7.11 Å². The van der Waals surface area contributed by atoms with Crippen molar-refractivity contribution < 1.29 is 14.2 Å². The first-order valence-electron chi connectivity index (χ1n) is 5.47. The number of benzene rings is 1. The number of rotatable bonds is 3. The van der Waals surface area contributed by atoms with Gasteiger partial charge in [0.2, 0.25) is 18.7 Å². The Bertz CT molecular complexity index is 619. The molecule has 0 bridgehead atoms. The number of nitrogens with zero attached hydrogens (tertiary/aromatic N) is 3. The molecule has 8 nitrogen and oxygen atoms in total. The van der Waals surface area contributed by atoms with E-state index in [4.69, 9.17) is 19.9 Å². The SMILES string of the molecule is COc1nc(N)nc(Nc2ccc3c(c2)OCO3)n1. The Hall–Kier alpha value is -2.77. The number of nitrogens with one attached hydrogen (secondary N) is 1. The number of anilines is 3. The van der Waals surface area contributed by atoms with E-state index in [1.807, 2.05) is 6.07 Å². The molecule has 8 heteroatoms. The van der Waals surface area contributed by atoms with Crippen molar-refractivity contribution in [3.05, 3.63) is 18.2 Å². The topological polar surface area (TPSA) is 104 Å². The lowest BCUT2D eigenvalue weighted by Gasteiger charge is -2.07. The van der Waals surface area contributed by atoms with E-state index in [-0.39, 0.29) is 18.8 Å². The Balaban J connectivity index is 1.86. The monoisotopic (exact) mass is 261 g/mol. The van der Waals surface area contributed by atoms with Crippen LogP contribution in [0.15, 0.2) is 18.2 Å². The van der Waals surface area contributed by atoms with Gasteiger partial charge in [-0.1, -0.05) is 0 Å². The summed E-state index contributed by atoms with van der Waals surface area (Å²) in [5.41, 5.74) is 6.30. The maximum absolute atomic E-state index is 5.55. The number of aromatic nitrogens is 3. The van der Waals surface area contributed by atoms with Crippen LogP contribution >= 0.6 is 0 Å². The van der Waals surface area contributed by atoms with Gasteiger partial charge in [0.05, 0.1) is 7.11 Å².